The number of anilines is 1. The number of nitrogens with one attached hydrogen (secondary N) is 1. The maximum Gasteiger partial charge on any atom is 0.334 e. The largest absolute Gasteiger partial charge is 0.334 e. The van der Waals surface area contributed by atoms with Gasteiger partial charge in [0.25, 0.3) is 0 Å². The Labute approximate surface area is 137 Å². The molecule has 1 heterocycles. The molecular weight excluding hydrogens is 314 g/mol. The predicted octanol–water partition coefficient (Wildman–Crippen LogP) is 0.781. The maximum absolute atomic E-state index is 12.1. The molecule has 1 aromatic carbocycles. The molecule has 0 spiro atoms. The van der Waals surface area contributed by atoms with E-state index in [2.05, 4.69) is 5.32 Å². The van der Waals surface area contributed by atoms with Gasteiger partial charge in [-0.15, -0.1) is 0 Å². The van der Waals surface area contributed by atoms with E-state index in [4.69, 9.17) is 0 Å². The van der Waals surface area contributed by atoms with Crippen LogP contribution in [0.4, 0.5) is 10.5 Å². The molecule has 0 bridgehead atoms. The summed E-state index contributed by atoms with van der Waals surface area (Å²) < 4.78 is 0. The molecule has 0 unspecified atom stereocenters. The fourth-order valence-electron chi connectivity index (χ4n) is 2.55. The van der Waals surface area contributed by atoms with E-state index >= 15 is 0 Å². The Bertz CT molecular complexity index is 769. The van der Waals surface area contributed by atoms with Crippen molar-refractivity contribution in [3.05, 3.63) is 29.8 Å². The van der Waals surface area contributed by atoms with Gasteiger partial charge >= 0.3 is 17.8 Å². The molecule has 0 radical (unpaired) electrons. The summed E-state index contributed by atoms with van der Waals surface area (Å²) in [5.74, 6) is -2.77. The number of hydrogen-bond donors (Lipinski definition) is 1. The molecule has 1 saturated carbocycles. The first-order valence-electron chi connectivity index (χ1n) is 7.49. The normalized spacial score (nSPS) is 17.5. The number of hydrogen-bond acceptors (Lipinski definition) is 5. The molecule has 2 fully saturated rings. The number of ketones is 1. The van der Waals surface area contributed by atoms with Gasteiger partial charge in [-0.2, -0.15) is 0 Å². The van der Waals surface area contributed by atoms with Crippen molar-refractivity contribution in [2.45, 2.75) is 25.8 Å². The van der Waals surface area contributed by atoms with Crippen LogP contribution in [0.2, 0.25) is 0 Å². The van der Waals surface area contributed by atoms with Crippen LogP contribution in [-0.4, -0.2) is 51.9 Å². The molecule has 24 heavy (non-hydrogen) atoms. The zero-order valence-corrected chi connectivity index (χ0v) is 12.9. The molecule has 0 aromatic heterocycles. The van der Waals surface area contributed by atoms with Gasteiger partial charge < -0.3 is 5.32 Å². The van der Waals surface area contributed by atoms with E-state index in [9.17, 15) is 24.0 Å². The van der Waals surface area contributed by atoms with Gasteiger partial charge in [-0.3, -0.25) is 24.1 Å². The van der Waals surface area contributed by atoms with Crippen LogP contribution in [0.3, 0.4) is 0 Å². The van der Waals surface area contributed by atoms with Gasteiger partial charge in [0.15, 0.2) is 5.78 Å². The summed E-state index contributed by atoms with van der Waals surface area (Å²) >= 11 is 0. The molecule has 1 N–H and O–H groups in total. The zero-order chi connectivity index (χ0) is 17.4. The first kappa shape index (κ1) is 15.9. The van der Waals surface area contributed by atoms with Crippen LogP contribution in [0, 0.1) is 0 Å². The Morgan fingerprint density at radius 1 is 1.12 bits per heavy atom. The average molecular weight is 329 g/mol. The van der Waals surface area contributed by atoms with Crippen LogP contribution in [0.1, 0.15) is 30.1 Å². The Kier molecular flexibility index (Phi) is 3.88. The van der Waals surface area contributed by atoms with Crippen LogP contribution in [0.15, 0.2) is 24.3 Å². The van der Waals surface area contributed by atoms with Crippen LogP contribution in [-0.2, 0) is 14.4 Å². The van der Waals surface area contributed by atoms with Crippen molar-refractivity contribution >= 4 is 35.2 Å². The number of imide groups is 2. The topological polar surface area (TPSA) is 104 Å². The summed E-state index contributed by atoms with van der Waals surface area (Å²) in [7, 11) is 0. The van der Waals surface area contributed by atoms with Crippen molar-refractivity contribution in [2.24, 2.45) is 0 Å². The van der Waals surface area contributed by atoms with Crippen molar-refractivity contribution in [3.63, 3.8) is 0 Å². The molecular formula is C16H15N3O5. The summed E-state index contributed by atoms with van der Waals surface area (Å²) in [6.45, 7) is 0.795. The van der Waals surface area contributed by atoms with E-state index in [-0.39, 0.29) is 11.8 Å². The van der Waals surface area contributed by atoms with Gasteiger partial charge in [0, 0.05) is 11.6 Å². The summed E-state index contributed by atoms with van der Waals surface area (Å²) in [5.41, 5.74) is 0.611. The third kappa shape index (κ3) is 2.78. The number of amides is 5. The van der Waals surface area contributed by atoms with Crippen molar-refractivity contribution in [1.29, 1.82) is 0 Å². The minimum absolute atomic E-state index is 0.227. The Hall–Kier alpha value is -3.03. The maximum atomic E-state index is 12.1. The van der Waals surface area contributed by atoms with E-state index in [1.165, 1.54) is 6.92 Å². The molecule has 1 saturated heterocycles. The third-order valence-electron chi connectivity index (χ3n) is 3.88. The van der Waals surface area contributed by atoms with Crippen LogP contribution < -0.4 is 5.32 Å². The number of carbonyl (C=O) groups excluding carboxylic acids is 5. The Balaban J connectivity index is 1.71. The van der Waals surface area contributed by atoms with Crippen molar-refractivity contribution < 1.29 is 24.0 Å². The highest BCUT2D eigenvalue weighted by atomic mass is 16.2. The first-order valence-corrected chi connectivity index (χ1v) is 7.49. The molecule has 0 atom stereocenters. The zero-order valence-electron chi connectivity index (χ0n) is 12.9. The van der Waals surface area contributed by atoms with E-state index in [1.807, 2.05) is 0 Å². The number of urea groups is 1. The van der Waals surface area contributed by atoms with Gasteiger partial charge in [0.05, 0.1) is 5.69 Å². The number of rotatable bonds is 5. The quantitative estimate of drug-likeness (QED) is 0.488. The summed E-state index contributed by atoms with van der Waals surface area (Å²) in [4.78, 5) is 61.1. The summed E-state index contributed by atoms with van der Waals surface area (Å²) in [5, 5.41) is 2.50. The van der Waals surface area contributed by atoms with Gasteiger partial charge in [-0.05, 0) is 31.9 Å². The second kappa shape index (κ2) is 5.88. The van der Waals surface area contributed by atoms with Gasteiger partial charge in [0.2, 0.25) is 5.91 Å². The number of nitrogens with zero attached hydrogens (tertiary/aromatic N) is 2. The van der Waals surface area contributed by atoms with Crippen molar-refractivity contribution in [3.8, 4) is 0 Å². The number of Topliss-reactive ketones (excluding diaryl/α,β-unsaturated/α-hetero) is 1. The molecule has 8 heteroatoms. The van der Waals surface area contributed by atoms with Crippen molar-refractivity contribution in [2.75, 3.05) is 11.9 Å². The van der Waals surface area contributed by atoms with E-state index < -0.39 is 30.3 Å². The smallest absolute Gasteiger partial charge is 0.324 e. The molecule has 1 aromatic rings. The second-order valence-corrected chi connectivity index (χ2v) is 5.73. The average Bonchev–Trinajstić information content (AvgIpc) is 3.33. The second-order valence-electron chi connectivity index (χ2n) is 5.73. The fraction of sp³-hybridized carbons (Fsp3) is 0.312. The summed E-state index contributed by atoms with van der Waals surface area (Å²) in [6.07, 6.45) is 1.35. The molecule has 1 aliphatic heterocycles. The van der Waals surface area contributed by atoms with Crippen LogP contribution >= 0.6 is 0 Å². The predicted molar refractivity (Wildman–Crippen MR) is 82.1 cm³/mol. The van der Waals surface area contributed by atoms with Gasteiger partial charge in [0.1, 0.15) is 6.54 Å². The number of carbonyl (C=O) groups is 5. The molecule has 1 aliphatic carbocycles. The monoisotopic (exact) mass is 329 g/mol. The number of benzene rings is 1. The standard InChI is InChI=1S/C16H15N3O5/c1-9(20)11-4-2-3-5-12(11)17-13(21)8-18-14(22)15(23)19(16(18)24)10-6-7-10/h2-5,10H,6-8H2,1H3,(H,17,21). The SMILES string of the molecule is CC(=O)c1ccccc1NC(=O)CN1C(=O)C(=O)N(C2CC2)C1=O. The third-order valence-corrected chi connectivity index (χ3v) is 3.88. The Morgan fingerprint density at radius 2 is 1.79 bits per heavy atom. The lowest BCUT2D eigenvalue weighted by molar-refractivity contribution is -0.143. The highest BCUT2D eigenvalue weighted by Gasteiger charge is 2.51. The summed E-state index contributed by atoms with van der Waals surface area (Å²) in [6, 6.07) is 5.41. The van der Waals surface area contributed by atoms with Crippen LogP contribution in [0.5, 0.6) is 0 Å². The molecule has 124 valence electrons. The first-order chi connectivity index (χ1) is 11.4. The van der Waals surface area contributed by atoms with E-state index in [0.717, 1.165) is 4.90 Å². The van der Waals surface area contributed by atoms with Gasteiger partial charge in [-0.25, -0.2) is 9.69 Å². The van der Waals surface area contributed by atoms with Crippen LogP contribution in [0.25, 0.3) is 0 Å². The van der Waals surface area contributed by atoms with Crippen molar-refractivity contribution in [1.82, 2.24) is 9.80 Å². The van der Waals surface area contributed by atoms with E-state index in [1.54, 1.807) is 24.3 Å². The molecule has 8 nitrogen and oxygen atoms in total. The fourth-order valence-corrected chi connectivity index (χ4v) is 2.55. The lowest BCUT2D eigenvalue weighted by atomic mass is 10.1. The molecule has 2 aliphatic rings. The van der Waals surface area contributed by atoms with Gasteiger partial charge in [-0.1, -0.05) is 12.1 Å². The molecule has 5 amide bonds. The lowest BCUT2D eigenvalue weighted by Gasteiger charge is -2.15. The number of para-hydroxylation sites is 1. The van der Waals surface area contributed by atoms with E-state index in [0.29, 0.717) is 29.0 Å². The lowest BCUT2D eigenvalue weighted by Crippen LogP contribution is -2.39. The molecule has 3 rings (SSSR count). The highest BCUT2D eigenvalue weighted by molar-refractivity contribution is 6.45. The highest BCUT2D eigenvalue weighted by Crippen LogP contribution is 2.31. The minimum atomic E-state index is -0.998. The Morgan fingerprint density at radius 3 is 2.42 bits per heavy atom. The minimum Gasteiger partial charge on any atom is -0.324 e.